The quantitative estimate of drug-likeness (QED) is 0.0382. The van der Waals surface area contributed by atoms with Gasteiger partial charge in [-0.3, -0.25) is 0 Å². The Bertz CT molecular complexity index is 2750. The van der Waals surface area contributed by atoms with E-state index in [-0.39, 0.29) is 96.4 Å². The number of nitrogens with zero attached hydrogens (tertiary/aromatic N) is 1. The first-order chi connectivity index (χ1) is 32.7. The molecule has 5 aliphatic heterocycles. The van der Waals surface area contributed by atoms with Crippen molar-refractivity contribution in [1.82, 2.24) is 0 Å². The summed E-state index contributed by atoms with van der Waals surface area (Å²) in [6.45, 7) is 2.08. The largest absolute Gasteiger partial charge is 1.00 e. The molecule has 4 aromatic rings. The molecule has 0 amide bonds. The van der Waals surface area contributed by atoms with Crippen molar-refractivity contribution in [1.29, 1.82) is 0 Å². The molecule has 11 atom stereocenters. The Morgan fingerprint density at radius 2 is 1.72 bits per heavy atom. The number of ether oxygens (including phenoxy) is 2. The molecule has 8 aliphatic rings. The van der Waals surface area contributed by atoms with Crippen LogP contribution in [-0.4, -0.2) is 57.8 Å². The monoisotopic (exact) mass is 961 g/mol. The van der Waals surface area contributed by atoms with Gasteiger partial charge in [-0.15, -0.1) is 0 Å². The second kappa shape index (κ2) is 20.2. The van der Waals surface area contributed by atoms with E-state index in [1.807, 2.05) is 72.8 Å². The molecule has 4 aromatic carbocycles. The number of phenolic OH excluding ortho intramolecular Hbond substituents is 1. The summed E-state index contributed by atoms with van der Waals surface area (Å²) < 4.78 is 56.8. The number of benzene rings is 4. The molecule has 0 spiro atoms. The fourth-order valence-corrected chi connectivity index (χ4v) is 14.4. The van der Waals surface area contributed by atoms with Gasteiger partial charge in [-0.25, -0.2) is 13.4 Å². The fraction of sp³-hybridized carbons (Fsp3) is 0.482. The molecular formula is C56H64N3NaO8S. The molecule has 12 rings (SSSR count). The molecule has 3 aliphatic carbocycles. The molecule has 5 heterocycles. The van der Waals surface area contributed by atoms with E-state index < -0.39 is 44.6 Å². The van der Waals surface area contributed by atoms with Gasteiger partial charge in [-0.05, 0) is 151 Å². The molecule has 358 valence electrons. The summed E-state index contributed by atoms with van der Waals surface area (Å²) in [6.07, 6.45) is 8.89. The number of aryl methyl sites for hydroxylation is 1. The minimum atomic E-state index is -4.91. The summed E-state index contributed by atoms with van der Waals surface area (Å²) in [5, 5.41) is 32.4. The third-order valence-corrected chi connectivity index (χ3v) is 17.9. The molecule has 11 unspecified atom stereocenters. The number of allylic oxidation sites excluding steroid dienone is 1. The van der Waals surface area contributed by atoms with Crippen LogP contribution in [0.5, 0.6) is 11.5 Å². The Hall–Kier alpha value is -4.16. The number of aliphatic imine (C=N–C) groups is 1. The molecule has 1 saturated carbocycles. The Morgan fingerprint density at radius 1 is 0.971 bits per heavy atom. The van der Waals surface area contributed by atoms with E-state index >= 15 is 0 Å². The van der Waals surface area contributed by atoms with Gasteiger partial charge in [-0.1, -0.05) is 104 Å². The normalized spacial score (nSPS) is 30.4. The van der Waals surface area contributed by atoms with Crippen molar-refractivity contribution in [3.63, 3.8) is 0 Å². The number of nitrogens with two attached hydrogens (primary N) is 2. The third kappa shape index (κ3) is 10.2. The molecule has 69 heavy (non-hydrogen) atoms. The van der Waals surface area contributed by atoms with Crippen LogP contribution in [0.4, 0.5) is 0 Å². The molecule has 1 saturated heterocycles. The van der Waals surface area contributed by atoms with Crippen molar-refractivity contribution in [2.75, 3.05) is 6.61 Å². The summed E-state index contributed by atoms with van der Waals surface area (Å²) in [6, 6.07) is 29.3. The zero-order valence-corrected chi connectivity index (χ0v) is 42.6. The smallest absolute Gasteiger partial charge is 0.748 e. The van der Waals surface area contributed by atoms with Crippen LogP contribution >= 0.6 is 0 Å². The van der Waals surface area contributed by atoms with E-state index in [0.717, 1.165) is 59.1 Å². The van der Waals surface area contributed by atoms with Gasteiger partial charge >= 0.3 is 29.6 Å². The SMILES string of the molecule is CC1CCc2cc3ccc2C1CC(S(=O)(=O)[O-])C1C=C2CC(CC4CC(CO)CC#Cc5cc(O)ccc5C2O4)C1c1ccc(cc1)C(CC(Cc1ccccc1)C1(O)CCCC1)(N=C(N)N)O3.[Na+]. The van der Waals surface area contributed by atoms with Crippen LogP contribution in [0.1, 0.15) is 134 Å². The molecule has 0 aromatic heterocycles. The number of guanidine groups is 1. The van der Waals surface area contributed by atoms with E-state index in [2.05, 4.69) is 30.9 Å². The standard InChI is InChI=1S/C56H65N3O8S.Na/c1-34-12-13-39-28-45-19-21-47(39)49(34)31-51(68(63,64)65)50-30-41-26-40(29-46-25-36(33-60)10-7-11-38-27-44(61)18-20-48(38)53(41)66-46)52(50)37-14-16-42(17-15-37)56(67-45,59-54(57)58)32-43(55(62)22-5-6-23-55)24-35-8-3-2-4-9-35;/h2-4,8-9,14-21,27-28,30,34,36,40,43,46,49-53,60-62H,5-6,10,12-13,22-26,29,31-33H2,1H3,(H4,57,58,59)(H,63,64,65);/q;+1/p-1. The number of phenols is 1. The average molecular weight is 962 g/mol. The number of aromatic hydroxyl groups is 1. The second-order valence-corrected chi connectivity index (χ2v) is 22.5. The number of aliphatic hydroxyl groups excluding tert-OH is 1. The van der Waals surface area contributed by atoms with E-state index in [1.165, 1.54) is 0 Å². The van der Waals surface area contributed by atoms with Gasteiger partial charge in [0.15, 0.2) is 5.96 Å². The van der Waals surface area contributed by atoms with Crippen LogP contribution in [-0.2, 0) is 33.4 Å². The number of hydrogen-bond acceptors (Lipinski definition) is 9. The van der Waals surface area contributed by atoms with Crippen molar-refractivity contribution in [3.05, 3.63) is 142 Å². The number of fused-ring (bicyclic) bond motifs is 9. The van der Waals surface area contributed by atoms with E-state index in [1.54, 1.807) is 12.1 Å². The minimum absolute atomic E-state index is 0. The van der Waals surface area contributed by atoms with E-state index in [4.69, 9.17) is 25.9 Å². The fourth-order valence-electron chi connectivity index (χ4n) is 13.3. The molecular weight excluding hydrogens is 898 g/mol. The first kappa shape index (κ1) is 49.8. The van der Waals surface area contributed by atoms with Gasteiger partial charge in [-0.2, -0.15) is 0 Å². The Kier molecular flexibility index (Phi) is 14.5. The zero-order valence-electron chi connectivity index (χ0n) is 39.8. The van der Waals surface area contributed by atoms with Crippen LogP contribution < -0.4 is 45.8 Å². The summed E-state index contributed by atoms with van der Waals surface area (Å²) in [5.74, 6) is 5.09. The Balaban J connectivity index is 0.00000593. The summed E-state index contributed by atoms with van der Waals surface area (Å²) in [4.78, 5) is 5.03. The van der Waals surface area contributed by atoms with Crippen molar-refractivity contribution in [2.45, 2.75) is 131 Å². The minimum Gasteiger partial charge on any atom is -0.748 e. The van der Waals surface area contributed by atoms with Crippen LogP contribution in [0, 0.1) is 41.4 Å². The van der Waals surface area contributed by atoms with E-state index in [0.29, 0.717) is 61.8 Å². The third-order valence-electron chi connectivity index (χ3n) is 16.6. The van der Waals surface area contributed by atoms with Crippen LogP contribution in [0.3, 0.4) is 0 Å². The number of aliphatic hydroxyl groups is 2. The number of rotatable bonds is 8. The molecule has 13 heteroatoms. The maximum absolute atomic E-state index is 14.2. The van der Waals surface area contributed by atoms with Gasteiger partial charge in [0.05, 0.1) is 27.1 Å². The van der Waals surface area contributed by atoms with Gasteiger partial charge in [0.1, 0.15) is 17.6 Å². The topological polar surface area (TPSA) is 201 Å². The Labute approximate surface area is 429 Å². The maximum Gasteiger partial charge on any atom is 1.00 e. The van der Waals surface area contributed by atoms with Crippen LogP contribution in [0.25, 0.3) is 0 Å². The molecule has 0 radical (unpaired) electrons. The van der Waals surface area contributed by atoms with Gasteiger partial charge in [0, 0.05) is 36.1 Å². The molecule has 7 N–H and O–H groups in total. The number of hydrogen-bond donors (Lipinski definition) is 5. The predicted octanol–water partition coefficient (Wildman–Crippen LogP) is 5.37. The Morgan fingerprint density at radius 3 is 2.45 bits per heavy atom. The van der Waals surface area contributed by atoms with Crippen molar-refractivity contribution in [2.24, 2.45) is 46.0 Å². The first-order valence-corrected chi connectivity index (χ1v) is 26.2. The van der Waals surface area contributed by atoms with Crippen LogP contribution in [0.15, 0.2) is 108 Å². The van der Waals surface area contributed by atoms with Gasteiger partial charge in [0.2, 0.25) is 5.72 Å². The average Bonchev–Trinajstić information content (AvgIpc) is 3.71. The van der Waals surface area contributed by atoms with Gasteiger partial charge < -0.3 is 40.8 Å². The molecule has 2 fully saturated rings. The van der Waals surface area contributed by atoms with Crippen LogP contribution in [0.2, 0.25) is 0 Å². The summed E-state index contributed by atoms with van der Waals surface area (Å²) in [7, 11) is -4.91. The predicted molar refractivity (Wildman–Crippen MR) is 260 cm³/mol. The van der Waals surface area contributed by atoms with Crippen molar-refractivity contribution in [3.8, 4) is 23.3 Å². The summed E-state index contributed by atoms with van der Waals surface area (Å²) >= 11 is 0. The second-order valence-electron chi connectivity index (χ2n) is 20.9. The molecule has 10 bridgehead atoms. The maximum atomic E-state index is 14.2. The van der Waals surface area contributed by atoms with Gasteiger partial charge in [0.25, 0.3) is 0 Å². The van der Waals surface area contributed by atoms with Crippen molar-refractivity contribution >= 4 is 16.1 Å². The first-order valence-electron chi connectivity index (χ1n) is 24.7. The summed E-state index contributed by atoms with van der Waals surface area (Å²) in [5.41, 5.74) is 17.3. The van der Waals surface area contributed by atoms with E-state index in [9.17, 15) is 28.3 Å². The zero-order chi connectivity index (χ0) is 47.4. The van der Waals surface area contributed by atoms with Crippen molar-refractivity contribution < 1.29 is 67.3 Å². The molecule has 11 nitrogen and oxygen atoms in total.